The summed E-state index contributed by atoms with van der Waals surface area (Å²) in [6.07, 6.45) is 2.37. The number of aromatic nitrogens is 1. The monoisotopic (exact) mass is 386 g/mol. The molecule has 152 valence electrons. The van der Waals surface area contributed by atoms with Crippen molar-refractivity contribution in [2.75, 3.05) is 39.4 Å². The van der Waals surface area contributed by atoms with E-state index in [1.165, 1.54) is 0 Å². The number of para-hydroxylation sites is 1. The van der Waals surface area contributed by atoms with E-state index in [9.17, 15) is 9.59 Å². The smallest absolute Gasteiger partial charge is 0.242 e. The number of carbonyl (C=O) groups is 2. The molecular formula is C21H30N4O3. The van der Waals surface area contributed by atoms with E-state index in [4.69, 9.17) is 4.74 Å². The second-order valence-electron chi connectivity index (χ2n) is 7.52. The van der Waals surface area contributed by atoms with Gasteiger partial charge in [0.25, 0.3) is 0 Å². The highest BCUT2D eigenvalue weighted by Crippen LogP contribution is 2.19. The highest BCUT2D eigenvalue weighted by atomic mass is 16.5. The number of hydrogen-bond donors (Lipinski definition) is 3. The molecule has 1 saturated heterocycles. The Bertz CT molecular complexity index is 796. The van der Waals surface area contributed by atoms with Crippen molar-refractivity contribution < 1.29 is 14.3 Å². The molecular weight excluding hydrogens is 356 g/mol. The molecule has 0 bridgehead atoms. The number of hydrogen-bond acceptors (Lipinski definition) is 4. The zero-order chi connectivity index (χ0) is 19.9. The van der Waals surface area contributed by atoms with Crippen LogP contribution in [0.15, 0.2) is 30.5 Å². The first-order valence-corrected chi connectivity index (χ1v) is 9.98. The highest BCUT2D eigenvalue weighted by Gasteiger charge is 2.23. The third kappa shape index (κ3) is 5.33. The Labute approximate surface area is 165 Å². The maximum Gasteiger partial charge on any atom is 0.242 e. The number of nitrogens with one attached hydrogen (secondary N) is 3. The molecule has 7 nitrogen and oxygen atoms in total. The molecule has 0 spiro atoms. The second kappa shape index (κ2) is 9.71. The number of benzene rings is 1. The van der Waals surface area contributed by atoms with Crippen LogP contribution >= 0.6 is 0 Å². The van der Waals surface area contributed by atoms with Gasteiger partial charge in [-0.2, -0.15) is 0 Å². The van der Waals surface area contributed by atoms with Crippen LogP contribution in [-0.4, -0.2) is 67.1 Å². The van der Waals surface area contributed by atoms with Gasteiger partial charge in [-0.1, -0.05) is 32.0 Å². The fraction of sp³-hybridized carbons (Fsp3) is 0.524. The van der Waals surface area contributed by atoms with Crippen molar-refractivity contribution in [3.63, 3.8) is 0 Å². The van der Waals surface area contributed by atoms with E-state index in [1.54, 1.807) is 0 Å². The van der Waals surface area contributed by atoms with Crippen LogP contribution in [0.5, 0.6) is 0 Å². The maximum absolute atomic E-state index is 12.8. The van der Waals surface area contributed by atoms with Gasteiger partial charge in [0, 0.05) is 55.6 Å². The third-order valence-electron chi connectivity index (χ3n) is 5.09. The normalized spacial score (nSPS) is 16.2. The lowest BCUT2D eigenvalue weighted by molar-refractivity contribution is -0.130. The van der Waals surface area contributed by atoms with Crippen LogP contribution in [0.3, 0.4) is 0 Å². The van der Waals surface area contributed by atoms with Crippen molar-refractivity contribution in [3.8, 4) is 0 Å². The van der Waals surface area contributed by atoms with Crippen LogP contribution in [0.1, 0.15) is 19.4 Å². The molecule has 1 unspecified atom stereocenters. The molecule has 1 aromatic heterocycles. The fourth-order valence-electron chi connectivity index (χ4n) is 3.35. The van der Waals surface area contributed by atoms with Crippen LogP contribution in [0.4, 0.5) is 0 Å². The van der Waals surface area contributed by atoms with Gasteiger partial charge in [-0.05, 0) is 11.6 Å². The van der Waals surface area contributed by atoms with Gasteiger partial charge in [-0.15, -0.1) is 0 Å². The Morgan fingerprint density at radius 2 is 1.93 bits per heavy atom. The first-order chi connectivity index (χ1) is 13.5. The molecule has 7 heteroatoms. The first kappa shape index (κ1) is 20.4. The van der Waals surface area contributed by atoms with Crippen molar-refractivity contribution in [1.29, 1.82) is 0 Å². The van der Waals surface area contributed by atoms with Crippen molar-refractivity contribution >= 4 is 22.7 Å². The van der Waals surface area contributed by atoms with E-state index in [2.05, 4.69) is 20.5 Å². The zero-order valence-corrected chi connectivity index (χ0v) is 16.7. The minimum atomic E-state index is -0.598. The highest BCUT2D eigenvalue weighted by molar-refractivity contribution is 5.90. The molecule has 2 heterocycles. The molecule has 2 aromatic rings. The van der Waals surface area contributed by atoms with Gasteiger partial charge in [0.2, 0.25) is 11.8 Å². The van der Waals surface area contributed by atoms with Crippen LogP contribution in [-0.2, 0) is 20.7 Å². The summed E-state index contributed by atoms with van der Waals surface area (Å²) in [5.74, 6) is -0.438. The predicted octanol–water partition coefficient (Wildman–Crippen LogP) is 1.30. The first-order valence-electron chi connectivity index (χ1n) is 9.98. The number of carbonyl (C=O) groups excluding carboxylic acids is 2. The molecule has 3 N–H and O–H groups in total. The predicted molar refractivity (Wildman–Crippen MR) is 109 cm³/mol. The molecule has 0 saturated carbocycles. The van der Waals surface area contributed by atoms with Crippen LogP contribution in [0, 0.1) is 5.92 Å². The van der Waals surface area contributed by atoms with Gasteiger partial charge in [0.15, 0.2) is 0 Å². The minimum Gasteiger partial charge on any atom is -0.379 e. The fourth-order valence-corrected chi connectivity index (χ4v) is 3.35. The van der Waals surface area contributed by atoms with E-state index in [0.29, 0.717) is 13.0 Å². The summed E-state index contributed by atoms with van der Waals surface area (Å²) < 4.78 is 5.35. The Morgan fingerprint density at radius 1 is 1.18 bits per heavy atom. The molecule has 2 amide bonds. The zero-order valence-electron chi connectivity index (χ0n) is 16.7. The molecule has 1 aromatic carbocycles. The quantitative estimate of drug-likeness (QED) is 0.638. The minimum absolute atomic E-state index is 0.117. The Balaban J connectivity index is 1.63. The maximum atomic E-state index is 12.8. The Morgan fingerprint density at radius 3 is 2.68 bits per heavy atom. The average Bonchev–Trinajstić information content (AvgIpc) is 3.11. The summed E-state index contributed by atoms with van der Waals surface area (Å²) in [6.45, 7) is 8.25. The lowest BCUT2D eigenvalue weighted by atomic mass is 10.0. The lowest BCUT2D eigenvalue weighted by Crippen LogP contribution is -2.50. The van der Waals surface area contributed by atoms with Gasteiger partial charge in [0.05, 0.1) is 13.2 Å². The number of H-pyrrole nitrogens is 1. The topological polar surface area (TPSA) is 86.5 Å². The Kier molecular flexibility index (Phi) is 7.06. The van der Waals surface area contributed by atoms with Gasteiger partial charge >= 0.3 is 0 Å². The number of nitrogens with zero attached hydrogens (tertiary/aromatic N) is 1. The summed E-state index contributed by atoms with van der Waals surface area (Å²) in [7, 11) is 0. The third-order valence-corrected chi connectivity index (χ3v) is 5.09. The standard InChI is InChI=1S/C21H30N4O3/c1-15(2)20(26)24-19(13-16-14-23-18-6-4-3-5-17(16)18)21(27)22-7-8-25-9-11-28-12-10-25/h3-6,14-15,19,23H,7-13H2,1-2H3,(H,22,27)(H,24,26). The molecule has 0 radical (unpaired) electrons. The van der Waals surface area contributed by atoms with E-state index >= 15 is 0 Å². The molecule has 3 rings (SSSR count). The number of aromatic amines is 1. The largest absolute Gasteiger partial charge is 0.379 e. The summed E-state index contributed by atoms with van der Waals surface area (Å²) in [4.78, 5) is 30.6. The number of rotatable bonds is 8. The number of fused-ring (bicyclic) bond motifs is 1. The number of ether oxygens (including phenoxy) is 1. The van der Waals surface area contributed by atoms with Gasteiger partial charge in [-0.25, -0.2) is 0 Å². The van der Waals surface area contributed by atoms with E-state index in [0.717, 1.165) is 49.3 Å². The van der Waals surface area contributed by atoms with Crippen molar-refractivity contribution in [3.05, 3.63) is 36.0 Å². The molecule has 1 aliphatic heterocycles. The molecule has 1 atom stereocenters. The average molecular weight is 386 g/mol. The number of amides is 2. The summed E-state index contributed by atoms with van der Waals surface area (Å²) >= 11 is 0. The van der Waals surface area contributed by atoms with E-state index < -0.39 is 6.04 Å². The van der Waals surface area contributed by atoms with Crippen molar-refractivity contribution in [2.45, 2.75) is 26.3 Å². The summed E-state index contributed by atoms with van der Waals surface area (Å²) in [5.41, 5.74) is 2.05. The molecule has 28 heavy (non-hydrogen) atoms. The molecule has 1 aliphatic rings. The van der Waals surface area contributed by atoms with E-state index in [-0.39, 0.29) is 17.7 Å². The Hall–Kier alpha value is -2.38. The van der Waals surface area contributed by atoms with Gasteiger partial charge < -0.3 is 20.4 Å². The van der Waals surface area contributed by atoms with Crippen molar-refractivity contribution in [1.82, 2.24) is 20.5 Å². The van der Waals surface area contributed by atoms with Crippen LogP contribution < -0.4 is 10.6 Å². The SMILES string of the molecule is CC(C)C(=O)NC(Cc1c[nH]c2ccccc12)C(=O)NCCN1CCOCC1. The summed E-state index contributed by atoms with van der Waals surface area (Å²) in [5, 5.41) is 6.97. The van der Waals surface area contributed by atoms with Gasteiger partial charge in [-0.3, -0.25) is 14.5 Å². The molecule has 0 aliphatic carbocycles. The summed E-state index contributed by atoms with van der Waals surface area (Å²) in [6, 6.07) is 7.38. The lowest BCUT2D eigenvalue weighted by Gasteiger charge is -2.27. The van der Waals surface area contributed by atoms with Gasteiger partial charge in [0.1, 0.15) is 6.04 Å². The number of morpholine rings is 1. The van der Waals surface area contributed by atoms with Crippen LogP contribution in [0.2, 0.25) is 0 Å². The van der Waals surface area contributed by atoms with Crippen LogP contribution in [0.25, 0.3) is 10.9 Å². The second-order valence-corrected chi connectivity index (χ2v) is 7.52. The van der Waals surface area contributed by atoms with Crippen molar-refractivity contribution in [2.24, 2.45) is 5.92 Å². The van der Waals surface area contributed by atoms with E-state index in [1.807, 2.05) is 44.3 Å². The molecule has 1 fully saturated rings.